The van der Waals surface area contributed by atoms with Crippen molar-refractivity contribution < 1.29 is 13.3 Å². The molecule has 0 radical (unpaired) electrons. The molecule has 21 heavy (non-hydrogen) atoms. The lowest BCUT2D eigenvalue weighted by atomic mass is 10.1. The minimum absolute atomic E-state index is 0.110. The zero-order valence-corrected chi connectivity index (χ0v) is 12.7. The van der Waals surface area contributed by atoms with Gasteiger partial charge in [0.05, 0.1) is 4.92 Å². The topological polar surface area (TPSA) is 92.6 Å². The summed E-state index contributed by atoms with van der Waals surface area (Å²) >= 11 is 0. The highest BCUT2D eigenvalue weighted by Gasteiger charge is 2.35. The molecule has 8 heteroatoms. The number of piperidine rings is 1. The first-order valence-electron chi connectivity index (χ1n) is 6.94. The lowest BCUT2D eigenvalue weighted by Crippen LogP contribution is -2.46. The quantitative estimate of drug-likeness (QED) is 0.654. The zero-order valence-electron chi connectivity index (χ0n) is 11.9. The predicted octanol–water partition coefficient (Wildman–Crippen LogP) is 1.36. The third-order valence-corrected chi connectivity index (χ3v) is 5.75. The van der Waals surface area contributed by atoms with Crippen LogP contribution in [0.15, 0.2) is 29.2 Å². The Morgan fingerprint density at radius 3 is 2.52 bits per heavy atom. The first-order valence-corrected chi connectivity index (χ1v) is 8.38. The summed E-state index contributed by atoms with van der Waals surface area (Å²) in [7, 11) is -3.86. The van der Waals surface area contributed by atoms with Crippen molar-refractivity contribution in [2.75, 3.05) is 19.6 Å². The lowest BCUT2D eigenvalue weighted by Gasteiger charge is -2.32. The van der Waals surface area contributed by atoms with Crippen LogP contribution in [0, 0.1) is 10.1 Å². The normalized spacial score (nSPS) is 17.0. The van der Waals surface area contributed by atoms with E-state index in [4.69, 9.17) is 0 Å². The number of nitrogens with zero attached hydrogens (tertiary/aromatic N) is 2. The number of sulfonamides is 1. The fourth-order valence-electron chi connectivity index (χ4n) is 2.67. The Labute approximate surface area is 124 Å². The maximum Gasteiger partial charge on any atom is 0.289 e. The van der Waals surface area contributed by atoms with Crippen molar-refractivity contribution in [1.82, 2.24) is 9.62 Å². The van der Waals surface area contributed by atoms with Crippen molar-refractivity contribution in [3.8, 4) is 0 Å². The van der Waals surface area contributed by atoms with Gasteiger partial charge in [-0.25, -0.2) is 8.42 Å². The molecule has 1 fully saturated rings. The number of hydrogen-bond acceptors (Lipinski definition) is 5. The smallest absolute Gasteiger partial charge is 0.289 e. The predicted molar refractivity (Wildman–Crippen MR) is 78.6 cm³/mol. The molecule has 0 unspecified atom stereocenters. The van der Waals surface area contributed by atoms with E-state index in [-0.39, 0.29) is 16.6 Å². The Hall–Kier alpha value is -1.51. The molecule has 2 rings (SSSR count). The Balaban J connectivity index is 2.42. The van der Waals surface area contributed by atoms with Gasteiger partial charge in [-0.1, -0.05) is 19.1 Å². The van der Waals surface area contributed by atoms with Gasteiger partial charge in [-0.05, 0) is 32.0 Å². The Kier molecular flexibility index (Phi) is 4.92. The summed E-state index contributed by atoms with van der Waals surface area (Å²) in [4.78, 5) is 10.2. The zero-order chi connectivity index (χ0) is 15.5. The molecule has 1 aliphatic rings. The molecule has 0 spiro atoms. The molecule has 1 N–H and O–H groups in total. The third-order valence-electron chi connectivity index (χ3n) is 3.68. The van der Waals surface area contributed by atoms with Gasteiger partial charge in [0, 0.05) is 18.7 Å². The van der Waals surface area contributed by atoms with E-state index in [2.05, 4.69) is 5.32 Å². The van der Waals surface area contributed by atoms with Crippen LogP contribution >= 0.6 is 0 Å². The van der Waals surface area contributed by atoms with Gasteiger partial charge in [0.1, 0.15) is 0 Å². The van der Waals surface area contributed by atoms with Crippen LogP contribution in [0.1, 0.15) is 19.8 Å². The summed E-state index contributed by atoms with van der Waals surface area (Å²) in [5.74, 6) is 0. The van der Waals surface area contributed by atoms with Gasteiger partial charge in [-0.3, -0.25) is 10.1 Å². The Morgan fingerprint density at radius 1 is 1.33 bits per heavy atom. The Bertz CT molecular complexity index is 612. The van der Waals surface area contributed by atoms with Crippen molar-refractivity contribution in [3.05, 3.63) is 34.4 Å². The number of benzene rings is 1. The van der Waals surface area contributed by atoms with Crippen molar-refractivity contribution in [3.63, 3.8) is 0 Å². The molecule has 0 aromatic heterocycles. The van der Waals surface area contributed by atoms with Crippen LogP contribution in [0.2, 0.25) is 0 Å². The summed E-state index contributed by atoms with van der Waals surface area (Å²) < 4.78 is 27.0. The SMILES string of the molecule is CCN(C1CCNCC1)S(=O)(=O)c1ccccc1[N+](=O)[O-]. The molecule has 0 bridgehead atoms. The van der Waals surface area contributed by atoms with Crippen molar-refractivity contribution in [2.45, 2.75) is 30.7 Å². The van der Waals surface area contributed by atoms with Crippen molar-refractivity contribution >= 4 is 15.7 Å². The van der Waals surface area contributed by atoms with Crippen LogP contribution in [-0.2, 0) is 10.0 Å². The van der Waals surface area contributed by atoms with E-state index >= 15 is 0 Å². The van der Waals surface area contributed by atoms with E-state index in [1.54, 1.807) is 6.92 Å². The first-order chi connectivity index (χ1) is 9.98. The van der Waals surface area contributed by atoms with E-state index in [1.165, 1.54) is 28.6 Å². The maximum absolute atomic E-state index is 12.8. The number of para-hydroxylation sites is 1. The van der Waals surface area contributed by atoms with Gasteiger partial charge in [0.25, 0.3) is 5.69 Å². The number of rotatable bonds is 5. The van der Waals surface area contributed by atoms with Gasteiger partial charge in [-0.15, -0.1) is 0 Å². The van der Waals surface area contributed by atoms with Gasteiger partial charge in [-0.2, -0.15) is 4.31 Å². The summed E-state index contributed by atoms with van der Waals surface area (Å²) in [6.45, 7) is 3.58. The second kappa shape index (κ2) is 6.50. The standard InChI is InChI=1S/C13H19N3O4S/c1-2-15(11-7-9-14-10-8-11)21(19,20)13-6-4-3-5-12(13)16(17)18/h3-6,11,14H,2,7-10H2,1H3. The monoisotopic (exact) mass is 313 g/mol. The summed E-state index contributed by atoms with van der Waals surface area (Å²) in [5.41, 5.74) is -0.370. The molecule has 1 saturated heterocycles. The van der Waals surface area contributed by atoms with Crippen LogP contribution in [0.5, 0.6) is 0 Å². The van der Waals surface area contributed by atoms with Gasteiger partial charge >= 0.3 is 0 Å². The molecule has 1 heterocycles. The average molecular weight is 313 g/mol. The third kappa shape index (κ3) is 3.22. The first kappa shape index (κ1) is 15.9. The Morgan fingerprint density at radius 2 is 1.95 bits per heavy atom. The van der Waals surface area contributed by atoms with Crippen molar-refractivity contribution in [1.29, 1.82) is 0 Å². The lowest BCUT2D eigenvalue weighted by molar-refractivity contribution is -0.387. The van der Waals surface area contributed by atoms with Gasteiger partial charge in [0.15, 0.2) is 4.90 Å². The summed E-state index contributed by atoms with van der Waals surface area (Å²) in [5, 5.41) is 14.3. The maximum atomic E-state index is 12.8. The molecular formula is C13H19N3O4S. The van der Waals surface area contributed by atoms with E-state index in [0.29, 0.717) is 19.4 Å². The number of nitro groups is 1. The molecule has 1 aromatic rings. The van der Waals surface area contributed by atoms with Gasteiger partial charge in [0.2, 0.25) is 10.0 Å². The molecule has 7 nitrogen and oxygen atoms in total. The molecule has 0 atom stereocenters. The number of hydrogen-bond donors (Lipinski definition) is 1. The molecule has 116 valence electrons. The fraction of sp³-hybridized carbons (Fsp3) is 0.538. The highest BCUT2D eigenvalue weighted by atomic mass is 32.2. The highest BCUT2D eigenvalue weighted by molar-refractivity contribution is 7.89. The van der Waals surface area contributed by atoms with Crippen LogP contribution in [0.25, 0.3) is 0 Å². The second-order valence-electron chi connectivity index (χ2n) is 4.91. The number of nitro benzene ring substituents is 1. The largest absolute Gasteiger partial charge is 0.317 e. The second-order valence-corrected chi connectivity index (χ2v) is 6.77. The van der Waals surface area contributed by atoms with E-state index in [0.717, 1.165) is 13.1 Å². The van der Waals surface area contributed by atoms with E-state index < -0.39 is 14.9 Å². The minimum Gasteiger partial charge on any atom is -0.317 e. The number of nitrogens with one attached hydrogen (secondary N) is 1. The van der Waals surface area contributed by atoms with E-state index in [1.807, 2.05) is 0 Å². The summed E-state index contributed by atoms with van der Waals surface area (Å²) in [6, 6.07) is 5.40. The van der Waals surface area contributed by atoms with Crippen LogP contribution in [0.4, 0.5) is 5.69 Å². The van der Waals surface area contributed by atoms with Crippen LogP contribution in [0.3, 0.4) is 0 Å². The highest BCUT2D eigenvalue weighted by Crippen LogP contribution is 2.28. The van der Waals surface area contributed by atoms with Crippen LogP contribution < -0.4 is 5.32 Å². The van der Waals surface area contributed by atoms with E-state index in [9.17, 15) is 18.5 Å². The molecular weight excluding hydrogens is 294 g/mol. The van der Waals surface area contributed by atoms with Gasteiger partial charge < -0.3 is 5.32 Å². The fourth-order valence-corrected chi connectivity index (χ4v) is 4.52. The van der Waals surface area contributed by atoms with Crippen LogP contribution in [-0.4, -0.2) is 43.3 Å². The molecule has 1 aliphatic heterocycles. The minimum atomic E-state index is -3.86. The summed E-state index contributed by atoms with van der Waals surface area (Å²) in [6.07, 6.45) is 1.43. The molecule has 0 amide bonds. The molecule has 0 aliphatic carbocycles. The average Bonchev–Trinajstić information content (AvgIpc) is 2.49. The molecule has 0 saturated carbocycles. The molecule has 1 aromatic carbocycles. The van der Waals surface area contributed by atoms with Crippen molar-refractivity contribution in [2.24, 2.45) is 0 Å².